The summed E-state index contributed by atoms with van der Waals surface area (Å²) in [7, 11) is 2.25. The van der Waals surface area contributed by atoms with E-state index in [1.54, 1.807) is 0 Å². The van der Waals surface area contributed by atoms with E-state index >= 15 is 0 Å². The molecule has 1 amide bonds. The average Bonchev–Trinajstić information content (AvgIpc) is 3.41. The summed E-state index contributed by atoms with van der Waals surface area (Å²) >= 11 is 0. The van der Waals surface area contributed by atoms with E-state index in [4.69, 9.17) is 14.2 Å². The summed E-state index contributed by atoms with van der Waals surface area (Å²) in [6.45, 7) is 3.66. The van der Waals surface area contributed by atoms with Crippen LogP contribution in [-0.4, -0.2) is 52.0 Å². The van der Waals surface area contributed by atoms with Gasteiger partial charge >= 0.3 is 0 Å². The average molecular weight is 430 g/mol. The number of para-hydroxylation sites is 1. The van der Waals surface area contributed by atoms with Crippen molar-refractivity contribution < 1.29 is 19.0 Å². The summed E-state index contributed by atoms with van der Waals surface area (Å²) in [5.41, 5.74) is 3.15. The number of carbonyl (C=O) groups is 1. The summed E-state index contributed by atoms with van der Waals surface area (Å²) in [6, 6.07) is 12.1. The first-order valence-corrected chi connectivity index (χ1v) is 10.4. The van der Waals surface area contributed by atoms with Gasteiger partial charge in [-0.05, 0) is 24.5 Å². The lowest BCUT2D eigenvalue weighted by atomic mass is 9.77. The number of benzene rings is 2. The standard InChI is InChI=1S/C23H24N2O4.ClH/c1-25(13-15-5-4-9-27-15)8-10-28-21-12-20-17(11-19(21)25)23(14-29-20)16-6-2-3-7-18(16)24-22(23)26;/h2-3,6-7,11-12,15H,4-5,8-10,13-14H2,1H3;1H/p+1/t15-,23?,25?;/m1./s1. The highest BCUT2D eigenvalue weighted by atomic mass is 35.5. The van der Waals surface area contributed by atoms with Crippen LogP contribution in [0.2, 0.25) is 0 Å². The second-order valence-corrected chi connectivity index (χ2v) is 8.80. The third kappa shape index (κ3) is 2.60. The molecule has 4 heterocycles. The number of carbonyl (C=O) groups excluding carboxylic acids is 1. The van der Waals surface area contributed by atoms with E-state index in [2.05, 4.69) is 18.4 Å². The maximum atomic E-state index is 13.2. The van der Waals surface area contributed by atoms with Gasteiger partial charge in [-0.15, -0.1) is 12.4 Å². The molecule has 0 aliphatic carbocycles. The lowest BCUT2D eigenvalue weighted by molar-refractivity contribution is -0.119. The molecular weight excluding hydrogens is 404 g/mol. The van der Waals surface area contributed by atoms with Crippen molar-refractivity contribution in [1.82, 2.24) is 4.48 Å². The number of anilines is 1. The monoisotopic (exact) mass is 429 g/mol. The largest absolute Gasteiger partial charge is 0.491 e. The lowest BCUT2D eigenvalue weighted by Gasteiger charge is -2.40. The Kier molecular flexibility index (Phi) is 4.51. The predicted molar refractivity (Wildman–Crippen MR) is 117 cm³/mol. The SMILES string of the molecule is C[N+]1(C[C@H]2CCCO2)CCOc2cc3c(cc21)C1(CO3)C(=O)Nc2ccccc21.Cl. The zero-order valence-corrected chi connectivity index (χ0v) is 17.8. The van der Waals surface area contributed by atoms with E-state index in [-0.39, 0.29) is 24.4 Å². The molecule has 1 spiro atoms. The molecule has 158 valence electrons. The van der Waals surface area contributed by atoms with Gasteiger partial charge in [0.15, 0.2) is 11.4 Å². The molecule has 7 heteroatoms. The molecule has 0 radical (unpaired) electrons. The minimum atomic E-state index is -0.785. The molecule has 0 aromatic heterocycles. The van der Waals surface area contributed by atoms with Gasteiger partial charge in [0.25, 0.3) is 0 Å². The number of quaternary nitrogens is 1. The molecule has 2 unspecified atom stereocenters. The highest BCUT2D eigenvalue weighted by Gasteiger charge is 2.55. The minimum Gasteiger partial charge on any atom is -0.491 e. The Morgan fingerprint density at radius 1 is 1.13 bits per heavy atom. The molecule has 1 fully saturated rings. The Labute approximate surface area is 182 Å². The molecule has 30 heavy (non-hydrogen) atoms. The fraction of sp³-hybridized carbons (Fsp3) is 0.435. The Morgan fingerprint density at radius 2 is 2.00 bits per heavy atom. The number of fused-ring (bicyclic) bond motifs is 5. The van der Waals surface area contributed by atoms with E-state index in [0.717, 1.165) is 71.0 Å². The number of amides is 1. The number of likely N-dealkylation sites (N-methyl/N-ethyl adjacent to an activating group) is 1. The number of hydrogen-bond acceptors (Lipinski definition) is 4. The maximum Gasteiger partial charge on any atom is 0.243 e. The first kappa shape index (κ1) is 19.7. The third-order valence-electron chi connectivity index (χ3n) is 7.04. The van der Waals surface area contributed by atoms with Crippen LogP contribution >= 0.6 is 12.4 Å². The fourth-order valence-corrected chi connectivity index (χ4v) is 5.44. The van der Waals surface area contributed by atoms with Crippen LogP contribution in [0, 0.1) is 0 Å². The quantitative estimate of drug-likeness (QED) is 0.744. The van der Waals surface area contributed by atoms with Gasteiger partial charge in [-0.25, -0.2) is 0 Å². The molecule has 1 N–H and O–H groups in total. The van der Waals surface area contributed by atoms with E-state index < -0.39 is 5.41 Å². The molecule has 2 aromatic rings. The van der Waals surface area contributed by atoms with Crippen molar-refractivity contribution in [2.24, 2.45) is 0 Å². The number of rotatable bonds is 2. The van der Waals surface area contributed by atoms with Crippen LogP contribution in [0.5, 0.6) is 11.5 Å². The number of hydrogen-bond donors (Lipinski definition) is 1. The summed E-state index contributed by atoms with van der Waals surface area (Å²) in [4.78, 5) is 13.2. The van der Waals surface area contributed by atoms with E-state index in [1.807, 2.05) is 30.3 Å². The Morgan fingerprint density at radius 3 is 2.83 bits per heavy atom. The van der Waals surface area contributed by atoms with E-state index in [9.17, 15) is 4.79 Å². The second kappa shape index (κ2) is 6.87. The number of nitrogens with zero attached hydrogens (tertiary/aromatic N) is 1. The predicted octanol–water partition coefficient (Wildman–Crippen LogP) is 3.25. The highest BCUT2D eigenvalue weighted by Crippen LogP contribution is 2.53. The first-order valence-electron chi connectivity index (χ1n) is 10.4. The van der Waals surface area contributed by atoms with Crippen LogP contribution in [0.25, 0.3) is 0 Å². The third-order valence-corrected chi connectivity index (χ3v) is 7.04. The van der Waals surface area contributed by atoms with Crippen LogP contribution in [0.3, 0.4) is 0 Å². The first-order chi connectivity index (χ1) is 14.1. The topological polar surface area (TPSA) is 56.8 Å². The van der Waals surface area contributed by atoms with Crippen LogP contribution in [-0.2, 0) is 14.9 Å². The zero-order valence-electron chi connectivity index (χ0n) is 17.0. The molecule has 6 nitrogen and oxygen atoms in total. The van der Waals surface area contributed by atoms with E-state index in [0.29, 0.717) is 13.2 Å². The molecule has 4 aliphatic rings. The number of halogens is 1. The Balaban J connectivity index is 0.00000193. The van der Waals surface area contributed by atoms with Gasteiger partial charge in [-0.3, -0.25) is 9.28 Å². The summed E-state index contributed by atoms with van der Waals surface area (Å²) in [5, 5.41) is 3.06. The molecular formula is C23H26ClN2O4+. The van der Waals surface area contributed by atoms with Crippen molar-refractivity contribution in [2.45, 2.75) is 24.4 Å². The zero-order chi connectivity index (χ0) is 19.6. The van der Waals surface area contributed by atoms with Crippen LogP contribution < -0.4 is 19.3 Å². The second-order valence-electron chi connectivity index (χ2n) is 8.80. The van der Waals surface area contributed by atoms with Gasteiger partial charge in [0.1, 0.15) is 43.6 Å². The number of ether oxygens (including phenoxy) is 3. The van der Waals surface area contributed by atoms with Gasteiger partial charge in [-0.1, -0.05) is 18.2 Å². The lowest BCUT2D eigenvalue weighted by Crippen LogP contribution is -2.54. The van der Waals surface area contributed by atoms with Gasteiger partial charge in [0, 0.05) is 30.0 Å². The normalized spacial score (nSPS) is 30.6. The number of nitrogens with one attached hydrogen (secondary N) is 1. The van der Waals surface area contributed by atoms with Crippen molar-refractivity contribution in [2.75, 3.05) is 45.3 Å². The molecule has 4 aliphatic heterocycles. The van der Waals surface area contributed by atoms with Crippen molar-refractivity contribution in [3.05, 3.63) is 47.5 Å². The molecule has 0 saturated carbocycles. The van der Waals surface area contributed by atoms with Crippen LogP contribution in [0.15, 0.2) is 36.4 Å². The maximum absolute atomic E-state index is 13.2. The summed E-state index contributed by atoms with van der Waals surface area (Å²) in [6.07, 6.45) is 2.52. The molecule has 6 rings (SSSR count). The Bertz CT molecular complexity index is 1020. The van der Waals surface area contributed by atoms with Crippen LogP contribution in [0.4, 0.5) is 11.4 Å². The highest BCUT2D eigenvalue weighted by molar-refractivity contribution is 6.10. The van der Waals surface area contributed by atoms with E-state index in [1.165, 1.54) is 0 Å². The van der Waals surface area contributed by atoms with Crippen molar-refractivity contribution in [1.29, 1.82) is 0 Å². The summed E-state index contributed by atoms with van der Waals surface area (Å²) < 4.78 is 18.8. The minimum absolute atomic E-state index is 0. The smallest absolute Gasteiger partial charge is 0.243 e. The molecule has 1 saturated heterocycles. The molecule has 2 aromatic carbocycles. The fourth-order valence-electron chi connectivity index (χ4n) is 5.44. The molecule has 0 bridgehead atoms. The van der Waals surface area contributed by atoms with Crippen molar-refractivity contribution in [3.8, 4) is 11.5 Å². The van der Waals surface area contributed by atoms with Gasteiger partial charge in [0.2, 0.25) is 5.91 Å². The van der Waals surface area contributed by atoms with Crippen molar-refractivity contribution in [3.63, 3.8) is 0 Å². The van der Waals surface area contributed by atoms with Gasteiger partial charge in [-0.2, -0.15) is 0 Å². The summed E-state index contributed by atoms with van der Waals surface area (Å²) in [5.74, 6) is 1.60. The van der Waals surface area contributed by atoms with Crippen molar-refractivity contribution >= 4 is 29.7 Å². The van der Waals surface area contributed by atoms with Gasteiger partial charge in [0.05, 0.1) is 7.05 Å². The van der Waals surface area contributed by atoms with Gasteiger partial charge < -0.3 is 19.5 Å². The van der Waals surface area contributed by atoms with Crippen LogP contribution in [0.1, 0.15) is 24.0 Å². The molecule has 3 atom stereocenters. The Hall–Kier alpha value is -2.28.